The molecular formula is C17H25N3. The molecule has 0 aromatic heterocycles. The van der Waals surface area contributed by atoms with E-state index < -0.39 is 0 Å². The number of benzene rings is 1. The molecule has 2 bridgehead atoms. The lowest BCUT2D eigenvalue weighted by molar-refractivity contribution is 0.135. The molecule has 2 aliphatic carbocycles. The first-order valence-electron chi connectivity index (χ1n) is 8.14. The van der Waals surface area contributed by atoms with Crippen molar-refractivity contribution in [3.63, 3.8) is 0 Å². The second kappa shape index (κ2) is 4.96. The fourth-order valence-corrected chi connectivity index (χ4v) is 4.66. The number of rotatable bonds is 2. The normalized spacial score (nSPS) is 33.8. The molecule has 1 heterocycles. The van der Waals surface area contributed by atoms with Gasteiger partial charge in [-0.2, -0.15) is 0 Å². The Morgan fingerprint density at radius 3 is 2.25 bits per heavy atom. The first-order valence-corrected chi connectivity index (χ1v) is 8.14. The molecule has 3 atom stereocenters. The molecule has 1 saturated heterocycles. The van der Waals surface area contributed by atoms with Crippen molar-refractivity contribution in [2.24, 2.45) is 11.8 Å². The molecule has 3 aliphatic rings. The van der Waals surface area contributed by atoms with Crippen LogP contribution < -0.4 is 10.6 Å². The first kappa shape index (κ1) is 12.5. The highest BCUT2D eigenvalue weighted by molar-refractivity contribution is 5.53. The van der Waals surface area contributed by atoms with Crippen molar-refractivity contribution in [1.82, 2.24) is 4.90 Å². The maximum absolute atomic E-state index is 5.77. The van der Waals surface area contributed by atoms with Crippen LogP contribution in [0.4, 0.5) is 11.4 Å². The fraction of sp³-hybridized carbons (Fsp3) is 0.647. The number of anilines is 2. The largest absolute Gasteiger partial charge is 0.399 e. The van der Waals surface area contributed by atoms with Crippen LogP contribution >= 0.6 is 0 Å². The number of fused-ring (bicyclic) bond motifs is 2. The monoisotopic (exact) mass is 271 g/mol. The van der Waals surface area contributed by atoms with E-state index in [9.17, 15) is 0 Å². The fourth-order valence-electron chi connectivity index (χ4n) is 4.66. The highest BCUT2D eigenvalue weighted by Gasteiger charge is 2.42. The topological polar surface area (TPSA) is 32.5 Å². The van der Waals surface area contributed by atoms with Crippen molar-refractivity contribution in [3.8, 4) is 0 Å². The van der Waals surface area contributed by atoms with Crippen molar-refractivity contribution in [2.75, 3.05) is 36.8 Å². The van der Waals surface area contributed by atoms with Crippen molar-refractivity contribution >= 4 is 11.4 Å². The molecule has 2 N–H and O–H groups in total. The van der Waals surface area contributed by atoms with Gasteiger partial charge in [0, 0.05) is 43.6 Å². The summed E-state index contributed by atoms with van der Waals surface area (Å²) in [7, 11) is 0. The average Bonchev–Trinajstić information content (AvgIpc) is 3.11. The van der Waals surface area contributed by atoms with E-state index in [1.807, 2.05) is 12.1 Å². The molecule has 20 heavy (non-hydrogen) atoms. The lowest BCUT2D eigenvalue weighted by atomic mass is 9.93. The number of hydrogen-bond donors (Lipinski definition) is 1. The van der Waals surface area contributed by atoms with Gasteiger partial charge in [0.25, 0.3) is 0 Å². The summed E-state index contributed by atoms with van der Waals surface area (Å²) in [5.74, 6) is 2.07. The molecule has 1 aliphatic heterocycles. The third-order valence-electron chi connectivity index (χ3n) is 5.74. The van der Waals surface area contributed by atoms with Crippen LogP contribution in [-0.4, -0.2) is 37.1 Å². The van der Waals surface area contributed by atoms with E-state index in [4.69, 9.17) is 5.73 Å². The van der Waals surface area contributed by atoms with E-state index in [2.05, 4.69) is 21.9 Å². The summed E-state index contributed by atoms with van der Waals surface area (Å²) in [4.78, 5) is 5.28. The van der Waals surface area contributed by atoms with Crippen molar-refractivity contribution in [3.05, 3.63) is 24.3 Å². The minimum absolute atomic E-state index is 0.856. The zero-order valence-electron chi connectivity index (χ0n) is 12.2. The number of nitrogens with two attached hydrogens (primary N) is 1. The summed E-state index contributed by atoms with van der Waals surface area (Å²) in [6, 6.07) is 9.24. The summed E-state index contributed by atoms with van der Waals surface area (Å²) < 4.78 is 0. The smallest absolute Gasteiger partial charge is 0.0368 e. The zero-order valence-corrected chi connectivity index (χ0v) is 12.2. The molecule has 1 aromatic carbocycles. The van der Waals surface area contributed by atoms with E-state index in [1.165, 1.54) is 44.5 Å². The summed E-state index contributed by atoms with van der Waals surface area (Å²) in [5.41, 5.74) is 7.95. The Hall–Kier alpha value is -1.22. The highest BCUT2D eigenvalue weighted by atomic mass is 15.3. The standard InChI is InChI=1S/C17H25N3/c18-15-3-5-16(6-4-15)19-7-9-20(10-8-19)17-12-13-1-2-14(17)11-13/h3-6,13-14,17H,1-2,7-12,18H2/t13-,14+,17+/m1/s1. The van der Waals surface area contributed by atoms with E-state index in [1.54, 1.807) is 0 Å². The van der Waals surface area contributed by atoms with Crippen LogP contribution in [0.3, 0.4) is 0 Å². The van der Waals surface area contributed by atoms with E-state index in [0.29, 0.717) is 0 Å². The Morgan fingerprint density at radius 1 is 0.900 bits per heavy atom. The van der Waals surface area contributed by atoms with Crippen molar-refractivity contribution < 1.29 is 0 Å². The van der Waals surface area contributed by atoms with Gasteiger partial charge in [-0.25, -0.2) is 0 Å². The molecule has 2 saturated carbocycles. The molecule has 4 rings (SSSR count). The summed E-state index contributed by atoms with van der Waals surface area (Å²) in [5, 5.41) is 0. The average molecular weight is 271 g/mol. The molecule has 0 spiro atoms. The number of nitrogens with zero attached hydrogens (tertiary/aromatic N) is 2. The Bertz CT molecular complexity index is 462. The maximum atomic E-state index is 5.77. The van der Waals surface area contributed by atoms with Crippen LogP contribution in [0.2, 0.25) is 0 Å². The Morgan fingerprint density at radius 2 is 1.65 bits per heavy atom. The molecule has 3 heteroatoms. The van der Waals surface area contributed by atoms with Crippen LogP contribution in [0.15, 0.2) is 24.3 Å². The van der Waals surface area contributed by atoms with Gasteiger partial charge in [0.1, 0.15) is 0 Å². The van der Waals surface area contributed by atoms with Gasteiger partial charge in [-0.15, -0.1) is 0 Å². The molecule has 3 nitrogen and oxygen atoms in total. The van der Waals surface area contributed by atoms with Crippen LogP contribution in [-0.2, 0) is 0 Å². The van der Waals surface area contributed by atoms with E-state index in [-0.39, 0.29) is 0 Å². The zero-order chi connectivity index (χ0) is 13.5. The minimum atomic E-state index is 0.856. The molecule has 0 unspecified atom stereocenters. The van der Waals surface area contributed by atoms with Gasteiger partial charge in [0.05, 0.1) is 0 Å². The molecule has 0 radical (unpaired) electrons. The predicted octanol–water partition coefficient (Wildman–Crippen LogP) is 2.58. The van der Waals surface area contributed by atoms with Crippen LogP contribution in [0, 0.1) is 11.8 Å². The number of nitrogen functional groups attached to an aromatic ring is 1. The van der Waals surface area contributed by atoms with Crippen LogP contribution in [0.5, 0.6) is 0 Å². The molecule has 0 amide bonds. The lowest BCUT2D eigenvalue weighted by Crippen LogP contribution is -2.51. The quantitative estimate of drug-likeness (QED) is 0.839. The minimum Gasteiger partial charge on any atom is -0.399 e. The van der Waals surface area contributed by atoms with Gasteiger partial charge in [-0.05, 0) is 55.4 Å². The van der Waals surface area contributed by atoms with Gasteiger partial charge in [-0.3, -0.25) is 4.90 Å². The highest BCUT2D eigenvalue weighted by Crippen LogP contribution is 2.46. The van der Waals surface area contributed by atoms with Gasteiger partial charge < -0.3 is 10.6 Å². The van der Waals surface area contributed by atoms with E-state index in [0.717, 1.165) is 36.7 Å². The van der Waals surface area contributed by atoms with Gasteiger partial charge in [0.2, 0.25) is 0 Å². The molecule has 3 fully saturated rings. The van der Waals surface area contributed by atoms with Gasteiger partial charge >= 0.3 is 0 Å². The third kappa shape index (κ3) is 2.18. The van der Waals surface area contributed by atoms with Crippen molar-refractivity contribution in [1.29, 1.82) is 0 Å². The summed E-state index contributed by atoms with van der Waals surface area (Å²) in [6.07, 6.45) is 6.00. The van der Waals surface area contributed by atoms with Gasteiger partial charge in [0.15, 0.2) is 0 Å². The number of piperazine rings is 1. The van der Waals surface area contributed by atoms with Gasteiger partial charge in [-0.1, -0.05) is 6.42 Å². The Balaban J connectivity index is 1.37. The molecule has 108 valence electrons. The lowest BCUT2D eigenvalue weighted by Gasteiger charge is -2.41. The SMILES string of the molecule is Nc1ccc(N2CCN([C@H]3C[C@@H]4CC[C@H]3C4)CC2)cc1. The van der Waals surface area contributed by atoms with E-state index >= 15 is 0 Å². The Labute approximate surface area is 121 Å². The second-order valence-corrected chi connectivity index (χ2v) is 6.86. The Kier molecular flexibility index (Phi) is 3.10. The molecule has 1 aromatic rings. The van der Waals surface area contributed by atoms with Crippen LogP contribution in [0.1, 0.15) is 25.7 Å². The second-order valence-electron chi connectivity index (χ2n) is 6.86. The summed E-state index contributed by atoms with van der Waals surface area (Å²) in [6.45, 7) is 4.80. The summed E-state index contributed by atoms with van der Waals surface area (Å²) >= 11 is 0. The van der Waals surface area contributed by atoms with Crippen molar-refractivity contribution in [2.45, 2.75) is 31.7 Å². The third-order valence-corrected chi connectivity index (χ3v) is 5.74. The predicted molar refractivity (Wildman–Crippen MR) is 83.9 cm³/mol. The molecular weight excluding hydrogens is 246 g/mol. The maximum Gasteiger partial charge on any atom is 0.0368 e. The number of hydrogen-bond acceptors (Lipinski definition) is 3. The van der Waals surface area contributed by atoms with Crippen LogP contribution in [0.25, 0.3) is 0 Å². The first-order chi connectivity index (χ1) is 9.79.